The third-order valence-corrected chi connectivity index (χ3v) is 3.95. The Morgan fingerprint density at radius 3 is 2.56 bits per heavy atom. The second-order valence-electron chi connectivity index (χ2n) is 5.90. The molecule has 0 aliphatic carbocycles. The van der Waals surface area contributed by atoms with Crippen LogP contribution in [-0.4, -0.2) is 43.2 Å². The van der Waals surface area contributed by atoms with E-state index in [0.29, 0.717) is 6.04 Å². The molecule has 1 aromatic carbocycles. The summed E-state index contributed by atoms with van der Waals surface area (Å²) in [5, 5.41) is 0. The van der Waals surface area contributed by atoms with Crippen LogP contribution in [0.25, 0.3) is 0 Å². The fourth-order valence-corrected chi connectivity index (χ4v) is 2.99. The zero-order valence-electron chi connectivity index (χ0n) is 11.8. The topological polar surface area (TPSA) is 32.5 Å². The van der Waals surface area contributed by atoms with Gasteiger partial charge in [-0.3, -0.25) is 4.90 Å². The summed E-state index contributed by atoms with van der Waals surface area (Å²) >= 11 is 0. The summed E-state index contributed by atoms with van der Waals surface area (Å²) in [6.07, 6.45) is 1.07. The summed E-state index contributed by atoms with van der Waals surface area (Å²) in [6.45, 7) is 7.53. The Hall–Kier alpha value is -1.06. The molecule has 0 bridgehead atoms. The number of piperazine rings is 1. The van der Waals surface area contributed by atoms with Crippen LogP contribution in [0.3, 0.4) is 0 Å². The van der Waals surface area contributed by atoms with Crippen LogP contribution in [0, 0.1) is 0 Å². The number of nitrogens with zero attached hydrogens (tertiary/aromatic N) is 2. The summed E-state index contributed by atoms with van der Waals surface area (Å²) in [4.78, 5) is 4.97. The molecule has 0 radical (unpaired) electrons. The van der Waals surface area contributed by atoms with Gasteiger partial charge in [0.15, 0.2) is 0 Å². The van der Waals surface area contributed by atoms with Gasteiger partial charge in [0, 0.05) is 30.4 Å². The van der Waals surface area contributed by atoms with Gasteiger partial charge in [-0.05, 0) is 46.0 Å². The first-order chi connectivity index (χ1) is 8.54. The third-order valence-electron chi connectivity index (χ3n) is 3.95. The van der Waals surface area contributed by atoms with Gasteiger partial charge in [0.05, 0.1) is 0 Å². The van der Waals surface area contributed by atoms with Gasteiger partial charge in [-0.1, -0.05) is 18.2 Å². The highest BCUT2D eigenvalue weighted by Gasteiger charge is 2.36. The quantitative estimate of drug-likeness (QED) is 0.886. The van der Waals surface area contributed by atoms with E-state index >= 15 is 0 Å². The van der Waals surface area contributed by atoms with Crippen molar-refractivity contribution in [1.82, 2.24) is 4.90 Å². The minimum Gasteiger partial charge on any atom is -0.364 e. The minimum atomic E-state index is 0.168. The lowest BCUT2D eigenvalue weighted by molar-refractivity contribution is 0.146. The zero-order chi connectivity index (χ0) is 13.2. The van der Waals surface area contributed by atoms with Crippen LogP contribution in [0.4, 0.5) is 5.69 Å². The smallest absolute Gasteiger partial charge is 0.0473 e. The Morgan fingerprint density at radius 2 is 1.94 bits per heavy atom. The molecule has 18 heavy (non-hydrogen) atoms. The number of hydrogen-bond donors (Lipinski definition) is 1. The number of benzene rings is 1. The minimum absolute atomic E-state index is 0.168. The van der Waals surface area contributed by atoms with Crippen LogP contribution in [0.15, 0.2) is 30.3 Å². The highest BCUT2D eigenvalue weighted by atomic mass is 15.3. The number of nitrogens with two attached hydrogens (primary N) is 1. The van der Waals surface area contributed by atoms with E-state index in [4.69, 9.17) is 5.73 Å². The molecule has 0 amide bonds. The van der Waals surface area contributed by atoms with Crippen molar-refractivity contribution in [2.75, 3.05) is 31.6 Å². The van der Waals surface area contributed by atoms with Crippen LogP contribution < -0.4 is 10.6 Å². The van der Waals surface area contributed by atoms with Gasteiger partial charge < -0.3 is 10.6 Å². The fraction of sp³-hybridized carbons (Fsp3) is 0.600. The highest BCUT2D eigenvalue weighted by Crippen LogP contribution is 2.30. The van der Waals surface area contributed by atoms with Gasteiger partial charge in [0.2, 0.25) is 0 Å². The maximum absolute atomic E-state index is 5.73. The lowest BCUT2D eigenvalue weighted by Gasteiger charge is -2.51. The Balaban J connectivity index is 2.22. The molecule has 1 fully saturated rings. The molecule has 3 nitrogen and oxygen atoms in total. The fourth-order valence-electron chi connectivity index (χ4n) is 2.99. The molecule has 0 aromatic heterocycles. The molecule has 1 saturated heterocycles. The van der Waals surface area contributed by atoms with E-state index in [0.717, 1.165) is 26.1 Å². The van der Waals surface area contributed by atoms with Gasteiger partial charge in [-0.2, -0.15) is 0 Å². The SMILES string of the molecule is CN1CC(C)(C)N(c2ccccc2)CC1CCN. The van der Waals surface area contributed by atoms with E-state index in [1.54, 1.807) is 0 Å². The van der Waals surface area contributed by atoms with Crippen molar-refractivity contribution in [1.29, 1.82) is 0 Å². The first-order valence-corrected chi connectivity index (χ1v) is 6.77. The van der Waals surface area contributed by atoms with E-state index in [9.17, 15) is 0 Å². The molecular formula is C15H25N3. The van der Waals surface area contributed by atoms with Crippen molar-refractivity contribution in [2.45, 2.75) is 31.8 Å². The lowest BCUT2D eigenvalue weighted by Crippen LogP contribution is -2.62. The maximum Gasteiger partial charge on any atom is 0.0473 e. The van der Waals surface area contributed by atoms with Gasteiger partial charge in [0.25, 0.3) is 0 Å². The van der Waals surface area contributed by atoms with Crippen LogP contribution in [0.2, 0.25) is 0 Å². The van der Waals surface area contributed by atoms with Crippen LogP contribution >= 0.6 is 0 Å². The summed E-state index contributed by atoms with van der Waals surface area (Å²) in [5.41, 5.74) is 7.21. The number of likely N-dealkylation sites (N-methyl/N-ethyl adjacent to an activating group) is 1. The van der Waals surface area contributed by atoms with Crippen molar-refractivity contribution in [3.05, 3.63) is 30.3 Å². The molecule has 1 heterocycles. The second-order valence-corrected chi connectivity index (χ2v) is 5.90. The number of anilines is 1. The van der Waals surface area contributed by atoms with E-state index in [-0.39, 0.29) is 5.54 Å². The molecule has 0 spiro atoms. The Morgan fingerprint density at radius 1 is 1.28 bits per heavy atom. The van der Waals surface area contributed by atoms with Gasteiger partial charge >= 0.3 is 0 Å². The van der Waals surface area contributed by atoms with Crippen LogP contribution in [-0.2, 0) is 0 Å². The van der Waals surface area contributed by atoms with Crippen molar-refractivity contribution >= 4 is 5.69 Å². The van der Waals surface area contributed by atoms with Gasteiger partial charge in [-0.15, -0.1) is 0 Å². The lowest BCUT2D eigenvalue weighted by atomic mass is 9.94. The van der Waals surface area contributed by atoms with Crippen molar-refractivity contribution < 1.29 is 0 Å². The van der Waals surface area contributed by atoms with E-state index in [1.807, 2.05) is 0 Å². The number of rotatable bonds is 3. The normalized spacial score (nSPS) is 24.2. The van der Waals surface area contributed by atoms with Gasteiger partial charge in [-0.25, -0.2) is 0 Å². The van der Waals surface area contributed by atoms with Crippen molar-refractivity contribution in [2.24, 2.45) is 5.73 Å². The van der Waals surface area contributed by atoms with E-state index < -0.39 is 0 Å². The molecule has 1 aliphatic heterocycles. The molecule has 1 aliphatic rings. The summed E-state index contributed by atoms with van der Waals surface area (Å²) in [5.74, 6) is 0. The standard InChI is InChI=1S/C15H25N3/c1-15(2)12-17(3)14(9-10-16)11-18(15)13-7-5-4-6-8-13/h4-8,14H,9-12,16H2,1-3H3. The first-order valence-electron chi connectivity index (χ1n) is 6.77. The molecule has 1 unspecified atom stereocenters. The van der Waals surface area contributed by atoms with Gasteiger partial charge in [0.1, 0.15) is 0 Å². The third kappa shape index (κ3) is 2.68. The first kappa shape index (κ1) is 13.4. The molecular weight excluding hydrogens is 222 g/mol. The molecule has 1 aromatic rings. The largest absolute Gasteiger partial charge is 0.364 e. The molecule has 100 valence electrons. The van der Waals surface area contributed by atoms with Crippen molar-refractivity contribution in [3.63, 3.8) is 0 Å². The Kier molecular flexibility index (Phi) is 3.93. The Labute approximate surface area is 111 Å². The monoisotopic (exact) mass is 247 g/mol. The van der Waals surface area contributed by atoms with Crippen LogP contribution in [0.1, 0.15) is 20.3 Å². The molecule has 2 N–H and O–H groups in total. The molecule has 1 atom stereocenters. The molecule has 3 heteroatoms. The van der Waals surface area contributed by atoms with Crippen molar-refractivity contribution in [3.8, 4) is 0 Å². The molecule has 2 rings (SSSR count). The average Bonchev–Trinajstić information content (AvgIpc) is 2.33. The van der Waals surface area contributed by atoms with E-state index in [1.165, 1.54) is 5.69 Å². The maximum atomic E-state index is 5.73. The number of para-hydroxylation sites is 1. The predicted molar refractivity (Wildman–Crippen MR) is 78.0 cm³/mol. The predicted octanol–water partition coefficient (Wildman–Crippen LogP) is 1.93. The Bertz CT molecular complexity index is 375. The summed E-state index contributed by atoms with van der Waals surface area (Å²) in [6, 6.07) is 11.3. The number of hydrogen-bond acceptors (Lipinski definition) is 3. The summed E-state index contributed by atoms with van der Waals surface area (Å²) < 4.78 is 0. The van der Waals surface area contributed by atoms with E-state index in [2.05, 4.69) is 61.0 Å². The highest BCUT2D eigenvalue weighted by molar-refractivity contribution is 5.49. The van der Waals surface area contributed by atoms with Crippen LogP contribution in [0.5, 0.6) is 0 Å². The summed E-state index contributed by atoms with van der Waals surface area (Å²) in [7, 11) is 2.21. The second kappa shape index (κ2) is 5.29. The molecule has 0 saturated carbocycles. The average molecular weight is 247 g/mol. The zero-order valence-corrected chi connectivity index (χ0v) is 11.8.